The van der Waals surface area contributed by atoms with Crippen molar-refractivity contribution in [2.24, 2.45) is 0 Å². The van der Waals surface area contributed by atoms with E-state index in [0.29, 0.717) is 40.4 Å². The molecule has 3 heterocycles. The number of piperidine rings is 1. The summed E-state index contributed by atoms with van der Waals surface area (Å²) >= 11 is 42.0. The lowest BCUT2D eigenvalue weighted by Gasteiger charge is -2.37. The first-order chi connectivity index (χ1) is 69.2. The van der Waals surface area contributed by atoms with E-state index in [1.807, 2.05) is 71.0 Å². The highest BCUT2D eigenvalue weighted by Crippen LogP contribution is 2.42. The first-order valence-corrected chi connectivity index (χ1v) is 64.5. The number of ether oxygens (including phenoxy) is 1. The molecule has 11 rings (SSSR count). The summed E-state index contributed by atoms with van der Waals surface area (Å²) in [7, 11) is -2.72. The monoisotopic (exact) mass is 2790 g/mol. The van der Waals surface area contributed by atoms with E-state index < -0.39 is 27.7 Å². The van der Waals surface area contributed by atoms with Crippen LogP contribution in [0.3, 0.4) is 0 Å². The van der Waals surface area contributed by atoms with Gasteiger partial charge in [0.25, 0.3) is 5.91 Å². The van der Waals surface area contributed by atoms with Crippen LogP contribution in [0.5, 0.6) is 0 Å². The first-order valence-electron chi connectivity index (χ1n) is 50.1. The molecule has 3 aliphatic heterocycles. The van der Waals surface area contributed by atoms with Crippen molar-refractivity contribution in [1.29, 1.82) is 0 Å². The number of hydrogen-bond donors (Lipinski definition) is 1. The second-order valence-corrected chi connectivity index (χ2v) is 53.2. The number of hydrogen-bond acceptors (Lipinski definition) is 4. The lowest BCUT2D eigenvalue weighted by molar-refractivity contribution is -0.951. The second kappa shape index (κ2) is 62.4. The van der Waals surface area contributed by atoms with Crippen molar-refractivity contribution in [2.45, 2.75) is 244 Å². The third kappa shape index (κ3) is 39.7. The van der Waals surface area contributed by atoms with Crippen LogP contribution in [0.1, 0.15) is 256 Å². The van der Waals surface area contributed by atoms with Gasteiger partial charge in [-0.25, -0.2) is 9.59 Å². The Morgan fingerprint density at radius 3 is 1.01 bits per heavy atom. The zero-order valence-corrected chi connectivity index (χ0v) is 106. The summed E-state index contributed by atoms with van der Waals surface area (Å²) in [5, 5.41) is 18.4. The molecule has 1 spiro atoms. The number of aromatic carboxylic acids is 1. The Bertz CT molecular complexity index is 5540. The number of carbonyl (C=O) groups is 3. The number of carboxylic acids is 1. The number of aryl methyl sites for hydroxylation is 6. The molecule has 8 aromatic carbocycles. The van der Waals surface area contributed by atoms with Crippen LogP contribution in [-0.4, -0.2) is 97.8 Å². The lowest BCUT2D eigenvalue weighted by atomic mass is 9.89. The molecule has 8 aromatic rings. The van der Waals surface area contributed by atoms with E-state index in [-0.39, 0.29) is 58.9 Å². The summed E-state index contributed by atoms with van der Waals surface area (Å²) in [4.78, 5) is 36.3. The van der Waals surface area contributed by atoms with E-state index in [0.717, 1.165) is 133 Å². The fourth-order valence-electron chi connectivity index (χ4n) is 15.7. The molecule has 0 aliphatic carbocycles. The van der Waals surface area contributed by atoms with E-state index in [1.165, 1.54) is 160 Å². The minimum atomic E-state index is -1.36. The van der Waals surface area contributed by atoms with Gasteiger partial charge in [0, 0.05) is 132 Å². The molecule has 8 nitrogen and oxygen atoms in total. The molecule has 3 aliphatic rings. The molecule has 0 radical (unpaired) electrons. The molecule has 0 aromatic heterocycles. The average molecular weight is 2810 g/mol. The maximum atomic E-state index is 12.4. The van der Waals surface area contributed by atoms with Crippen molar-refractivity contribution in [2.75, 3.05) is 39.3 Å². The first kappa shape index (κ1) is 117. The fourth-order valence-corrected chi connectivity index (χ4v) is 22.3. The highest BCUT2D eigenvalue weighted by Gasteiger charge is 2.41. The zero-order valence-electron chi connectivity index (χ0n) is 94.0. The lowest BCUT2D eigenvalue weighted by Crippen LogP contribution is -3.00. The van der Waals surface area contributed by atoms with Crippen LogP contribution in [0.25, 0.3) is 0 Å². The van der Waals surface area contributed by atoms with Gasteiger partial charge >= 0.3 is 11.9 Å². The maximum absolute atomic E-state index is 12.4. The van der Waals surface area contributed by atoms with E-state index in [1.54, 1.807) is 12.1 Å². The number of carboxylic acid groups (broad SMARTS) is 1. The predicted octanol–water partition coefficient (Wildman–Crippen LogP) is 26.7. The van der Waals surface area contributed by atoms with E-state index in [4.69, 9.17) is 66.2 Å². The van der Waals surface area contributed by atoms with Crippen LogP contribution >= 0.6 is 191 Å². The number of rotatable bonds is 19. The van der Waals surface area contributed by atoms with Gasteiger partial charge in [0.1, 0.15) is 61.0 Å². The van der Waals surface area contributed by atoms with Crippen molar-refractivity contribution in [3.8, 4) is 97.0 Å². The number of fused-ring (bicyclic) bond motifs is 2. The summed E-state index contributed by atoms with van der Waals surface area (Å²) in [6, 6.07) is 30.4. The Hall–Kier alpha value is -4.28. The zero-order chi connectivity index (χ0) is 113. The van der Waals surface area contributed by atoms with Gasteiger partial charge in [-0.1, -0.05) is 320 Å². The Kier molecular flexibility index (Phi) is 53.7. The molecule has 24 heteroatoms. The third-order valence-corrected chi connectivity index (χ3v) is 31.9. The van der Waals surface area contributed by atoms with Crippen molar-refractivity contribution in [3.63, 3.8) is 0 Å². The Morgan fingerprint density at radius 2 is 0.735 bits per heavy atom. The molecular weight excluding hydrogens is 2640 g/mol. The normalized spacial score (nSPS) is 12.7. The third-order valence-electron chi connectivity index (χ3n) is 22.8. The molecule has 1 saturated heterocycles. The predicted molar refractivity (Wildman–Crippen MR) is 631 cm³/mol. The Morgan fingerprint density at radius 1 is 0.412 bits per heavy atom. The van der Waals surface area contributed by atoms with Crippen LogP contribution < -0.4 is 34.0 Å². The SMILES string of the molecule is BrCc1cc(CBr)c(CBr)cc1CBr.C#CCN(CC#C)C(=O)c1cc(CBr)cc(CBr)c1.C#CC[N+]1(CC#C)Cc2cc(CBr)c(CBr)cc2C1.C#Cc1c(CBr)c(CBr)c(C#C)c2c1C[N+]1(CCCCC1)C2.CC(C)(C)OC(=O)c1cc(CBr)cc(CBr)c1.Cc1c(C)c(C#C[Si](C)(C)C)c(C)c(C)c1C#C[Si](C)(C)C.Cc1cc(C)c(C)cc1C.Cc1cc(C)cc(C(=O)O)c1.[3H][3H].[3H][3H].[3H][3H].[3H][3H].[3H][3H].[3H][3H].[Br-].[Br-]. The number of esters is 1. The topological polar surface area (TPSA) is 83.9 Å². The number of quaternary nitrogens is 2. The molecule has 1 N–H and O–H groups in total. The molecule has 0 atom stereocenters. The number of amides is 1. The summed E-state index contributed by atoms with van der Waals surface area (Å²) in [5.41, 5.74) is 45.7. The summed E-state index contributed by atoms with van der Waals surface area (Å²) in [5.74, 6) is 22.1. The smallest absolute Gasteiger partial charge is 0.338 e. The van der Waals surface area contributed by atoms with Crippen LogP contribution in [-0.2, 0) is 94.9 Å². The minimum Gasteiger partial charge on any atom is -1.00 e. The van der Waals surface area contributed by atoms with Gasteiger partial charge in [-0.05, 0) is 281 Å². The van der Waals surface area contributed by atoms with E-state index in [2.05, 4.69) is 387 Å². The van der Waals surface area contributed by atoms with Crippen LogP contribution in [0.15, 0.2) is 91.0 Å². The Balaban J connectivity index is -0.000000522. The van der Waals surface area contributed by atoms with Crippen molar-refractivity contribution < 1.29 is 85.0 Å². The van der Waals surface area contributed by atoms with Crippen LogP contribution in [0, 0.1) is 166 Å². The highest BCUT2D eigenvalue weighted by molar-refractivity contribution is 9.10. The van der Waals surface area contributed by atoms with Crippen molar-refractivity contribution in [1.82, 2.24) is 4.90 Å². The van der Waals surface area contributed by atoms with Crippen LogP contribution in [0.2, 0.25) is 39.3 Å². The molecule has 0 saturated carbocycles. The number of nitrogens with zero attached hydrogens (tertiary/aromatic N) is 3. The number of halogens is 14. The molecule has 0 unspecified atom stereocenters. The quantitative estimate of drug-likeness (QED) is 0.0287. The summed E-state index contributed by atoms with van der Waals surface area (Å²) < 4.78 is 67.3. The largest absolute Gasteiger partial charge is 1.00 e. The number of carbonyl (C=O) groups excluding carboxylic acids is 2. The second-order valence-electron chi connectivity index (χ2n) is 37.0. The molecule has 136 heavy (non-hydrogen) atoms. The number of terminal acetylenes is 6. The molecular formula is C112H141Br14N3O5Si2. The summed E-state index contributed by atoms with van der Waals surface area (Å²) in [6.07, 6.45) is 37.3. The maximum Gasteiger partial charge on any atom is 0.338 e. The fraction of sp³-hybridized carbons (Fsp3) is 0.402. The molecule has 0 bridgehead atoms. The van der Waals surface area contributed by atoms with Gasteiger partial charge in [-0.3, -0.25) is 9.28 Å². The van der Waals surface area contributed by atoms with Gasteiger partial charge in [-0.15, -0.1) is 49.6 Å². The van der Waals surface area contributed by atoms with E-state index in [9.17, 15) is 14.4 Å². The average Bonchev–Trinajstić information content (AvgIpc) is 1.58. The molecule has 740 valence electrons. The minimum absolute atomic E-state index is 0. The Labute approximate surface area is 959 Å². The standard InChI is InChI=1S/C20H30Si2.C19H20Br2N.C16H16Br2N.C15H13Br2NO.C13H16Br2O2.C10H10Br4.C10H14.C9H10O2.2BrH.6H2/c1-15-16(2)20(12-14-22(8,9)10)18(4)17(3)19(15)11-13-21(5,6)7;1-3-14-16(10-20)17(11-21)15(4-2)19-13-22(12-18(14)19)8-6-5-7-9-22;1-3-5-19(6-4-2)11-15-7-13(9-17)14(10-18)8-16(15)12-19;1-3-5-18(6-4-2)15(19)14-8-12(10-16)7-13(9-14)11-17;1-13(2,3)17-12(16)11-5-9(7-14)4-10(6-11)8-15;11-3-7-1-8(4-12)10(6-14)2-9(7)5-13;1-7-5-9(3)10(4)6-8(7)2;1-6-3-7(2)5-8(4-6)9(10)11;;;;;;;;/h1-10H3;1-2H,5-13H2;1-2,7-8H,5-6,9-12H2;1-2,7-9H,5-6,10-11H2;4-6H,7-8H2,1-3H3;1-2H,3-6H2;5-6H,1-4H3;3-5H,1-2H3,(H,10,11);8*1H/q;2*+1;;;;;;;;;;;;;/p-2/i;;;;;;;;;;6*1+2T. The van der Waals surface area contributed by atoms with Crippen molar-refractivity contribution in [3.05, 3.63) is 275 Å². The van der Waals surface area contributed by atoms with Gasteiger partial charge in [0.05, 0.1) is 37.3 Å². The van der Waals surface area contributed by atoms with Gasteiger partial charge < -0.3 is 53.2 Å². The van der Waals surface area contributed by atoms with E-state index >= 15 is 0 Å². The van der Waals surface area contributed by atoms with Crippen LogP contribution in [0.4, 0.5) is 0 Å². The van der Waals surface area contributed by atoms with Gasteiger partial charge in [0.2, 0.25) is 0 Å². The van der Waals surface area contributed by atoms with Gasteiger partial charge in [0.15, 0.2) is 0 Å². The van der Waals surface area contributed by atoms with Gasteiger partial charge in [-0.2, -0.15) is 0 Å². The highest BCUT2D eigenvalue weighted by atomic mass is 79.9. The molecule has 1 amide bonds. The molecule has 1 fully saturated rings. The van der Waals surface area contributed by atoms with Crippen molar-refractivity contribution >= 4 is 225 Å². The summed E-state index contributed by atoms with van der Waals surface area (Å²) in [6.45, 7) is 48.9. The number of benzene rings is 8. The number of alkyl halides is 12.